The number of carbonyl (C=O) groups excluding carboxylic acids is 1. The average Bonchev–Trinajstić information content (AvgIpc) is 2.74. The largest absolute Gasteiger partial charge is 0.326 e. The number of amides is 1. The lowest BCUT2D eigenvalue weighted by Crippen LogP contribution is -2.32. The fraction of sp³-hybridized carbons (Fsp3) is 0.250. The Kier molecular flexibility index (Phi) is 7.88. The summed E-state index contributed by atoms with van der Waals surface area (Å²) < 4.78 is 25.9. The van der Waals surface area contributed by atoms with Crippen molar-refractivity contribution in [3.05, 3.63) is 88.7 Å². The third-order valence-corrected chi connectivity index (χ3v) is 6.42. The minimum Gasteiger partial charge on any atom is -0.326 e. The Morgan fingerprint density at radius 3 is 2.34 bits per heavy atom. The first-order valence-corrected chi connectivity index (χ1v) is 12.5. The summed E-state index contributed by atoms with van der Waals surface area (Å²) >= 11 is 6.05. The number of aryl methyl sites for hydroxylation is 1. The van der Waals surface area contributed by atoms with Gasteiger partial charge in [-0.05, 0) is 72.9 Å². The zero-order valence-electron chi connectivity index (χ0n) is 18.1. The topological polar surface area (TPSA) is 79.4 Å². The van der Waals surface area contributed by atoms with Gasteiger partial charge >= 0.3 is 0 Å². The third-order valence-electron chi connectivity index (χ3n) is 5.00. The molecule has 8 heteroatoms. The maximum atomic E-state index is 12.4. The standard InChI is InChI=1S/C24H26ClN3O3S/c1-18-5-8-21(25)17-23(18)28(32(2,30)31)15-3-4-24(29)27-22-9-6-19(7-10-22)16-20-11-13-26-14-12-20/h5-14,17H,3-4,15-16H2,1-2H3,(H,27,29). The van der Waals surface area contributed by atoms with Crippen LogP contribution in [0.4, 0.5) is 11.4 Å². The van der Waals surface area contributed by atoms with Crippen LogP contribution < -0.4 is 9.62 Å². The predicted molar refractivity (Wildman–Crippen MR) is 130 cm³/mol. The summed E-state index contributed by atoms with van der Waals surface area (Å²) in [6.07, 6.45) is 6.06. The lowest BCUT2D eigenvalue weighted by molar-refractivity contribution is -0.116. The molecule has 168 valence electrons. The van der Waals surface area contributed by atoms with Crippen molar-refractivity contribution >= 4 is 38.9 Å². The maximum Gasteiger partial charge on any atom is 0.232 e. The molecule has 0 saturated carbocycles. The van der Waals surface area contributed by atoms with E-state index in [1.165, 1.54) is 9.87 Å². The highest BCUT2D eigenvalue weighted by Crippen LogP contribution is 2.26. The number of nitrogens with one attached hydrogen (secondary N) is 1. The van der Waals surface area contributed by atoms with Gasteiger partial charge in [-0.25, -0.2) is 8.42 Å². The van der Waals surface area contributed by atoms with Crippen LogP contribution in [-0.4, -0.2) is 32.1 Å². The number of pyridine rings is 1. The highest BCUT2D eigenvalue weighted by molar-refractivity contribution is 7.92. The van der Waals surface area contributed by atoms with Crippen LogP contribution in [0, 0.1) is 6.92 Å². The fourth-order valence-corrected chi connectivity index (χ4v) is 4.55. The van der Waals surface area contributed by atoms with Crippen molar-refractivity contribution in [2.75, 3.05) is 22.4 Å². The third kappa shape index (κ3) is 6.80. The van der Waals surface area contributed by atoms with E-state index in [1.54, 1.807) is 30.6 Å². The Balaban J connectivity index is 1.55. The van der Waals surface area contributed by atoms with Gasteiger partial charge in [-0.1, -0.05) is 29.8 Å². The molecular formula is C24H26ClN3O3S. The Morgan fingerprint density at radius 1 is 1.03 bits per heavy atom. The molecule has 0 aliphatic rings. The fourth-order valence-electron chi connectivity index (χ4n) is 3.37. The van der Waals surface area contributed by atoms with Crippen LogP contribution in [0.5, 0.6) is 0 Å². The number of hydrogen-bond acceptors (Lipinski definition) is 4. The molecule has 3 rings (SSSR count). The first kappa shape index (κ1) is 23.8. The molecule has 2 aromatic carbocycles. The molecular weight excluding hydrogens is 446 g/mol. The van der Waals surface area contributed by atoms with Gasteiger partial charge in [0.15, 0.2) is 0 Å². The number of aromatic nitrogens is 1. The number of carbonyl (C=O) groups is 1. The maximum absolute atomic E-state index is 12.4. The van der Waals surface area contributed by atoms with Crippen LogP contribution >= 0.6 is 11.6 Å². The van der Waals surface area contributed by atoms with E-state index >= 15 is 0 Å². The molecule has 1 aromatic heterocycles. The number of benzene rings is 2. The van der Waals surface area contributed by atoms with Crippen molar-refractivity contribution in [1.82, 2.24) is 4.98 Å². The van der Waals surface area contributed by atoms with Crippen molar-refractivity contribution in [1.29, 1.82) is 0 Å². The van der Waals surface area contributed by atoms with E-state index in [1.807, 2.05) is 43.3 Å². The predicted octanol–water partition coefficient (Wildman–Crippen LogP) is 4.82. The molecule has 0 aliphatic heterocycles. The minimum absolute atomic E-state index is 0.164. The van der Waals surface area contributed by atoms with Crippen LogP contribution in [0.3, 0.4) is 0 Å². The second-order valence-electron chi connectivity index (χ2n) is 7.65. The van der Waals surface area contributed by atoms with Crippen molar-refractivity contribution in [3.63, 3.8) is 0 Å². The van der Waals surface area contributed by atoms with Gasteiger partial charge in [0.05, 0.1) is 11.9 Å². The van der Waals surface area contributed by atoms with E-state index in [-0.39, 0.29) is 18.9 Å². The highest BCUT2D eigenvalue weighted by atomic mass is 35.5. The normalized spacial score (nSPS) is 11.2. The van der Waals surface area contributed by atoms with Gasteiger partial charge in [0, 0.05) is 36.1 Å². The first-order chi connectivity index (χ1) is 15.2. The minimum atomic E-state index is -3.51. The molecule has 0 spiro atoms. The van der Waals surface area contributed by atoms with Crippen LogP contribution in [0.25, 0.3) is 0 Å². The van der Waals surface area contributed by atoms with E-state index in [2.05, 4.69) is 10.3 Å². The second kappa shape index (κ2) is 10.6. The second-order valence-corrected chi connectivity index (χ2v) is 9.99. The summed E-state index contributed by atoms with van der Waals surface area (Å²) in [5.41, 5.74) is 4.34. The van der Waals surface area contributed by atoms with E-state index in [9.17, 15) is 13.2 Å². The first-order valence-electron chi connectivity index (χ1n) is 10.2. The Labute approximate surface area is 194 Å². The molecule has 0 atom stereocenters. The monoisotopic (exact) mass is 471 g/mol. The number of rotatable bonds is 9. The molecule has 0 bridgehead atoms. The Morgan fingerprint density at radius 2 is 1.69 bits per heavy atom. The van der Waals surface area contributed by atoms with E-state index < -0.39 is 10.0 Å². The smallest absolute Gasteiger partial charge is 0.232 e. The van der Waals surface area contributed by atoms with Crippen molar-refractivity contribution < 1.29 is 13.2 Å². The lowest BCUT2D eigenvalue weighted by atomic mass is 10.1. The summed E-state index contributed by atoms with van der Waals surface area (Å²) in [5.74, 6) is -0.164. The van der Waals surface area contributed by atoms with Gasteiger partial charge < -0.3 is 5.32 Å². The zero-order chi connectivity index (χ0) is 23.1. The molecule has 0 aliphatic carbocycles. The molecule has 0 radical (unpaired) electrons. The molecule has 0 fully saturated rings. The molecule has 6 nitrogen and oxygen atoms in total. The van der Waals surface area contributed by atoms with Crippen LogP contribution in [0.2, 0.25) is 5.02 Å². The van der Waals surface area contributed by atoms with Crippen LogP contribution in [-0.2, 0) is 21.2 Å². The number of anilines is 2. The van der Waals surface area contributed by atoms with Crippen LogP contribution in [0.1, 0.15) is 29.5 Å². The highest BCUT2D eigenvalue weighted by Gasteiger charge is 2.19. The van der Waals surface area contributed by atoms with Gasteiger partial charge in [-0.3, -0.25) is 14.1 Å². The van der Waals surface area contributed by atoms with Crippen molar-refractivity contribution in [2.45, 2.75) is 26.2 Å². The summed E-state index contributed by atoms with van der Waals surface area (Å²) in [7, 11) is -3.51. The lowest BCUT2D eigenvalue weighted by Gasteiger charge is -2.24. The van der Waals surface area contributed by atoms with Gasteiger partial charge in [-0.15, -0.1) is 0 Å². The van der Waals surface area contributed by atoms with Crippen molar-refractivity contribution in [3.8, 4) is 0 Å². The number of nitrogens with zero attached hydrogens (tertiary/aromatic N) is 2. The number of sulfonamides is 1. The summed E-state index contributed by atoms with van der Waals surface area (Å²) in [4.78, 5) is 16.4. The van der Waals surface area contributed by atoms with E-state index in [0.717, 1.165) is 23.8 Å². The molecule has 0 unspecified atom stereocenters. The van der Waals surface area contributed by atoms with E-state index in [4.69, 9.17) is 11.6 Å². The van der Waals surface area contributed by atoms with Crippen LogP contribution in [0.15, 0.2) is 67.0 Å². The molecule has 1 N–H and O–H groups in total. The summed E-state index contributed by atoms with van der Waals surface area (Å²) in [6, 6.07) is 16.8. The number of hydrogen-bond donors (Lipinski definition) is 1. The molecule has 1 amide bonds. The molecule has 3 aromatic rings. The Hall–Kier alpha value is -2.90. The molecule has 0 saturated heterocycles. The summed E-state index contributed by atoms with van der Waals surface area (Å²) in [5, 5.41) is 3.33. The van der Waals surface area contributed by atoms with Gasteiger partial charge in [0.25, 0.3) is 0 Å². The number of halogens is 1. The quantitative estimate of drug-likeness (QED) is 0.485. The van der Waals surface area contributed by atoms with Gasteiger partial charge in [0.2, 0.25) is 15.9 Å². The average molecular weight is 472 g/mol. The SMILES string of the molecule is Cc1ccc(Cl)cc1N(CCCC(=O)Nc1ccc(Cc2ccncc2)cc1)S(C)(=O)=O. The van der Waals surface area contributed by atoms with Crippen molar-refractivity contribution in [2.24, 2.45) is 0 Å². The Bertz CT molecular complexity index is 1170. The van der Waals surface area contributed by atoms with Gasteiger partial charge in [-0.2, -0.15) is 0 Å². The molecule has 32 heavy (non-hydrogen) atoms. The zero-order valence-corrected chi connectivity index (χ0v) is 19.7. The van der Waals surface area contributed by atoms with Gasteiger partial charge in [0.1, 0.15) is 0 Å². The van der Waals surface area contributed by atoms with E-state index in [0.29, 0.717) is 22.8 Å². The molecule has 1 heterocycles. The summed E-state index contributed by atoms with van der Waals surface area (Å²) in [6.45, 7) is 2.02.